The fourth-order valence-corrected chi connectivity index (χ4v) is 6.52. The van der Waals surface area contributed by atoms with Gasteiger partial charge in [0.15, 0.2) is 6.04 Å². The van der Waals surface area contributed by atoms with E-state index in [1.165, 1.54) is 24.2 Å². The van der Waals surface area contributed by atoms with Crippen molar-refractivity contribution in [1.29, 1.82) is 0 Å². The Labute approximate surface area is 198 Å². The zero-order chi connectivity index (χ0) is 23.9. The van der Waals surface area contributed by atoms with Gasteiger partial charge in [-0.1, -0.05) is 35.9 Å². The minimum Gasteiger partial charge on any atom is -0.615 e. The van der Waals surface area contributed by atoms with Crippen molar-refractivity contribution in [3.05, 3.63) is 47.5 Å². The smallest absolute Gasteiger partial charge is 0.342 e. The van der Waals surface area contributed by atoms with Crippen LogP contribution in [0.5, 0.6) is 0 Å². The van der Waals surface area contributed by atoms with Gasteiger partial charge in [-0.05, 0) is 30.6 Å². The molecule has 176 valence electrons. The van der Waals surface area contributed by atoms with Gasteiger partial charge in [0.2, 0.25) is 10.1 Å². The summed E-state index contributed by atoms with van der Waals surface area (Å²) in [4.78, 5) is 50.8. The maximum absolute atomic E-state index is 13.2. The van der Waals surface area contributed by atoms with Gasteiger partial charge in [0, 0.05) is 18.1 Å². The van der Waals surface area contributed by atoms with Crippen molar-refractivity contribution < 1.29 is 37.9 Å². The number of allylic oxidation sites excluding steroid dienone is 1. The molecule has 1 amide bonds. The van der Waals surface area contributed by atoms with Gasteiger partial charge < -0.3 is 23.7 Å². The second kappa shape index (κ2) is 9.00. The molecule has 3 aliphatic rings. The summed E-state index contributed by atoms with van der Waals surface area (Å²) in [5, 5.41) is 0. The molecule has 2 saturated heterocycles. The van der Waals surface area contributed by atoms with Crippen LogP contribution >= 0.6 is 11.6 Å². The van der Waals surface area contributed by atoms with Crippen LogP contribution in [-0.2, 0) is 39.8 Å². The third kappa shape index (κ3) is 3.89. The van der Waals surface area contributed by atoms with Crippen LogP contribution in [-0.4, -0.2) is 62.4 Å². The van der Waals surface area contributed by atoms with Crippen molar-refractivity contribution in [2.75, 3.05) is 12.9 Å². The molecule has 0 saturated carbocycles. The number of halogens is 1. The van der Waals surface area contributed by atoms with Crippen LogP contribution in [0.2, 0.25) is 0 Å². The number of hydrogen-bond donors (Lipinski definition) is 0. The van der Waals surface area contributed by atoms with Crippen molar-refractivity contribution >= 4 is 46.6 Å². The Morgan fingerprint density at radius 2 is 2.09 bits per heavy atom. The summed E-state index contributed by atoms with van der Waals surface area (Å²) >= 11 is 5.12. The summed E-state index contributed by atoms with van der Waals surface area (Å²) in [5.74, 6) is -2.75. The zero-order valence-electron chi connectivity index (χ0n) is 17.9. The Morgan fingerprint density at radius 1 is 1.36 bits per heavy atom. The fraction of sp³-hybridized carbons (Fsp3) is 0.455. The largest absolute Gasteiger partial charge is 0.615 e. The Bertz CT molecular complexity index is 1030. The average molecular weight is 496 g/mol. The highest BCUT2D eigenvalue weighted by molar-refractivity contribution is 7.94. The molecule has 33 heavy (non-hydrogen) atoms. The first-order valence-electron chi connectivity index (χ1n) is 10.4. The van der Waals surface area contributed by atoms with Gasteiger partial charge in [0.1, 0.15) is 5.75 Å². The summed E-state index contributed by atoms with van der Waals surface area (Å²) in [5.41, 5.74) is 0.675. The van der Waals surface area contributed by atoms with Gasteiger partial charge in [-0.15, -0.1) is 0 Å². The number of esters is 3. The lowest BCUT2D eigenvalue weighted by Gasteiger charge is -2.44. The maximum atomic E-state index is 13.2. The zero-order valence-corrected chi connectivity index (χ0v) is 19.5. The molecule has 3 heterocycles. The number of nitrogens with zero attached hydrogens (tertiary/aromatic N) is 1. The molecular formula is C22H22ClNO8S. The van der Waals surface area contributed by atoms with Crippen molar-refractivity contribution in [2.24, 2.45) is 5.92 Å². The summed E-state index contributed by atoms with van der Waals surface area (Å²) in [6, 6.07) is 4.75. The quantitative estimate of drug-likeness (QED) is 0.184. The van der Waals surface area contributed by atoms with E-state index in [4.69, 9.17) is 21.1 Å². The molecule has 1 aromatic rings. The Hall–Kier alpha value is -2.56. The molecule has 2 fully saturated rings. The number of fused-ring (bicyclic) bond motifs is 2. The topological polar surface area (TPSA) is 122 Å². The first kappa shape index (κ1) is 23.6. The minimum absolute atomic E-state index is 0.123. The van der Waals surface area contributed by atoms with E-state index in [1.807, 2.05) is 0 Å². The van der Waals surface area contributed by atoms with Crippen LogP contribution in [0.15, 0.2) is 36.4 Å². The van der Waals surface area contributed by atoms with E-state index in [2.05, 4.69) is 4.74 Å². The number of amides is 1. The lowest BCUT2D eigenvalue weighted by molar-refractivity contribution is -0.181. The Morgan fingerprint density at radius 3 is 2.79 bits per heavy atom. The molecule has 0 aliphatic carbocycles. The predicted molar refractivity (Wildman–Crippen MR) is 116 cm³/mol. The molecule has 0 spiro atoms. The van der Waals surface area contributed by atoms with Crippen molar-refractivity contribution in [3.8, 4) is 0 Å². The SMILES string of the molecule is CC[S+]([O-])C1(Cl)CC2C(C/C=C/C(=O)OC)C(=O)N2C1C(=O)OC1OC(=O)c2ccccc21. The molecule has 6 atom stereocenters. The van der Waals surface area contributed by atoms with E-state index < -0.39 is 57.6 Å². The molecule has 4 rings (SSSR count). The van der Waals surface area contributed by atoms with E-state index in [0.717, 1.165) is 0 Å². The van der Waals surface area contributed by atoms with Crippen molar-refractivity contribution in [3.63, 3.8) is 0 Å². The molecule has 0 bridgehead atoms. The average Bonchev–Trinajstić information content (AvgIpc) is 3.28. The molecule has 0 N–H and O–H groups in total. The van der Waals surface area contributed by atoms with Crippen molar-refractivity contribution in [2.45, 2.75) is 42.3 Å². The van der Waals surface area contributed by atoms with E-state index in [1.54, 1.807) is 31.2 Å². The highest BCUT2D eigenvalue weighted by Crippen LogP contribution is 2.52. The third-order valence-electron chi connectivity index (χ3n) is 6.15. The maximum Gasteiger partial charge on any atom is 0.342 e. The minimum atomic E-state index is -1.65. The van der Waals surface area contributed by atoms with Crippen LogP contribution < -0.4 is 0 Å². The molecule has 11 heteroatoms. The normalized spacial score (nSPS) is 31.0. The molecule has 3 aliphatic heterocycles. The summed E-state index contributed by atoms with van der Waals surface area (Å²) < 4.78 is 26.5. The first-order valence-corrected chi connectivity index (χ1v) is 12.1. The summed E-state index contributed by atoms with van der Waals surface area (Å²) in [6.45, 7) is 1.67. The van der Waals surface area contributed by atoms with E-state index in [0.29, 0.717) is 5.56 Å². The number of benzene rings is 1. The van der Waals surface area contributed by atoms with E-state index in [9.17, 15) is 23.7 Å². The highest BCUT2D eigenvalue weighted by atomic mass is 35.5. The van der Waals surface area contributed by atoms with Gasteiger partial charge in [0.25, 0.3) is 6.29 Å². The van der Waals surface area contributed by atoms with Crippen LogP contribution in [0.25, 0.3) is 0 Å². The van der Waals surface area contributed by atoms with Crippen molar-refractivity contribution in [1.82, 2.24) is 4.90 Å². The number of cyclic esters (lactones) is 1. The van der Waals surface area contributed by atoms with Crippen LogP contribution in [0.4, 0.5) is 0 Å². The summed E-state index contributed by atoms with van der Waals surface area (Å²) in [7, 11) is 1.25. The molecular weight excluding hydrogens is 474 g/mol. The van der Waals surface area contributed by atoms with Crippen LogP contribution in [0.3, 0.4) is 0 Å². The second-order valence-corrected chi connectivity index (χ2v) is 10.8. The lowest BCUT2D eigenvalue weighted by Crippen LogP contribution is -2.63. The monoisotopic (exact) mass is 495 g/mol. The molecule has 0 aromatic heterocycles. The number of ether oxygens (including phenoxy) is 3. The summed E-state index contributed by atoms with van der Waals surface area (Å²) in [6.07, 6.45) is 1.85. The predicted octanol–water partition coefficient (Wildman–Crippen LogP) is 1.82. The molecule has 1 aromatic carbocycles. The fourth-order valence-electron chi connectivity index (χ4n) is 4.55. The van der Waals surface area contributed by atoms with Gasteiger partial charge in [-0.2, -0.15) is 0 Å². The van der Waals surface area contributed by atoms with E-state index in [-0.39, 0.29) is 30.1 Å². The number of carbonyl (C=O) groups excluding carboxylic acids is 4. The standard InChI is InChI=1S/C22H22ClNO8S/c1-3-33(29)22(23)11-15-14(9-6-10-16(25)30-2)18(26)24(15)17(22)20(28)32-21-13-8-5-4-7-12(13)19(27)31-21/h4-8,10,14-15,17,21H,3,9,11H2,1-2H3/b10-6+. The van der Waals surface area contributed by atoms with Gasteiger partial charge in [0.05, 0.1) is 24.6 Å². The molecule has 9 nitrogen and oxygen atoms in total. The van der Waals surface area contributed by atoms with Gasteiger partial charge in [-0.3, -0.25) is 4.79 Å². The van der Waals surface area contributed by atoms with Crippen LogP contribution in [0, 0.1) is 5.92 Å². The van der Waals surface area contributed by atoms with Gasteiger partial charge >= 0.3 is 17.9 Å². The number of rotatable bonds is 7. The number of alkyl halides is 1. The highest BCUT2D eigenvalue weighted by Gasteiger charge is 2.70. The van der Waals surface area contributed by atoms with E-state index >= 15 is 0 Å². The first-order chi connectivity index (χ1) is 15.7. The lowest BCUT2D eigenvalue weighted by atomic mass is 9.85. The number of methoxy groups -OCH3 is 1. The Balaban J connectivity index is 1.55. The Kier molecular flexibility index (Phi) is 6.43. The molecule has 6 unspecified atom stereocenters. The number of β-lactam (4-membered cyclic amide) rings is 1. The van der Waals surface area contributed by atoms with Gasteiger partial charge in [-0.25, -0.2) is 14.4 Å². The second-order valence-electron chi connectivity index (χ2n) is 7.87. The number of hydrogen-bond acceptors (Lipinski definition) is 8. The molecule has 0 radical (unpaired) electrons. The number of carbonyl (C=O) groups is 4. The third-order valence-corrected chi connectivity index (χ3v) is 8.70. The van der Waals surface area contributed by atoms with Crippen LogP contribution in [0.1, 0.15) is 42.0 Å².